The summed E-state index contributed by atoms with van der Waals surface area (Å²) in [6.07, 6.45) is -0.248. The lowest BCUT2D eigenvalue weighted by Gasteiger charge is -2.24. The molecule has 0 radical (unpaired) electrons. The van der Waals surface area contributed by atoms with E-state index in [0.29, 0.717) is 13.2 Å². The van der Waals surface area contributed by atoms with Gasteiger partial charge < -0.3 is 4.74 Å². The van der Waals surface area contributed by atoms with Gasteiger partial charge in [0, 0.05) is 4.90 Å². The van der Waals surface area contributed by atoms with Gasteiger partial charge in [-0.3, -0.25) is 4.90 Å². The van der Waals surface area contributed by atoms with Crippen LogP contribution in [-0.2, 0) is 11.3 Å². The van der Waals surface area contributed by atoms with Crippen molar-refractivity contribution in [3.05, 3.63) is 65.7 Å². The Hall–Kier alpha value is -1.94. The van der Waals surface area contributed by atoms with Crippen LogP contribution in [0.5, 0.6) is 0 Å². The molecule has 4 heteroatoms. The minimum atomic E-state index is -0.248. The van der Waals surface area contributed by atoms with Gasteiger partial charge in [0.2, 0.25) is 0 Å². The molecule has 1 aliphatic rings. The summed E-state index contributed by atoms with van der Waals surface area (Å²) in [5, 5.41) is -0.0253. The Morgan fingerprint density at radius 3 is 2.67 bits per heavy atom. The average Bonchev–Trinajstić information content (AvgIpc) is 2.88. The molecule has 0 N–H and O–H groups in total. The Morgan fingerprint density at radius 2 is 1.90 bits per heavy atom. The van der Waals surface area contributed by atoms with Crippen molar-refractivity contribution in [1.82, 2.24) is 4.90 Å². The SMILES string of the molecule is CCOC(=O)N1Cc2ccccc2C1Sc1ccccc1. The zero-order valence-electron chi connectivity index (χ0n) is 11.9. The van der Waals surface area contributed by atoms with E-state index in [2.05, 4.69) is 24.3 Å². The molecule has 0 aromatic heterocycles. The summed E-state index contributed by atoms with van der Waals surface area (Å²) in [5.74, 6) is 0. The van der Waals surface area contributed by atoms with Crippen molar-refractivity contribution < 1.29 is 9.53 Å². The number of hydrogen-bond donors (Lipinski definition) is 0. The Labute approximate surface area is 128 Å². The minimum absolute atomic E-state index is 0.0253. The van der Waals surface area contributed by atoms with Crippen molar-refractivity contribution in [1.29, 1.82) is 0 Å². The largest absolute Gasteiger partial charge is 0.450 e. The predicted molar refractivity (Wildman–Crippen MR) is 84.0 cm³/mol. The highest BCUT2D eigenvalue weighted by Crippen LogP contribution is 2.44. The molecule has 1 unspecified atom stereocenters. The predicted octanol–water partition coefficient (Wildman–Crippen LogP) is 4.45. The molecule has 1 aliphatic heterocycles. The molecule has 0 bridgehead atoms. The second-order valence-electron chi connectivity index (χ2n) is 4.81. The van der Waals surface area contributed by atoms with E-state index in [9.17, 15) is 4.79 Å². The molecule has 0 fully saturated rings. The van der Waals surface area contributed by atoms with Gasteiger partial charge in [-0.05, 0) is 30.2 Å². The first-order chi connectivity index (χ1) is 10.3. The van der Waals surface area contributed by atoms with Crippen LogP contribution in [-0.4, -0.2) is 17.6 Å². The van der Waals surface area contributed by atoms with Crippen molar-refractivity contribution in [2.45, 2.75) is 23.7 Å². The first-order valence-corrected chi connectivity index (χ1v) is 7.90. The van der Waals surface area contributed by atoms with E-state index in [1.807, 2.05) is 37.3 Å². The lowest BCUT2D eigenvalue weighted by atomic mass is 10.1. The van der Waals surface area contributed by atoms with Crippen molar-refractivity contribution in [2.24, 2.45) is 0 Å². The quantitative estimate of drug-likeness (QED) is 0.838. The number of benzene rings is 2. The van der Waals surface area contributed by atoms with Gasteiger partial charge >= 0.3 is 6.09 Å². The molecule has 0 spiro atoms. The Morgan fingerprint density at radius 1 is 1.19 bits per heavy atom. The Bertz CT molecular complexity index is 630. The summed E-state index contributed by atoms with van der Waals surface area (Å²) in [7, 11) is 0. The van der Waals surface area contributed by atoms with E-state index < -0.39 is 0 Å². The number of amides is 1. The normalized spacial score (nSPS) is 16.6. The van der Waals surface area contributed by atoms with Crippen LogP contribution in [0, 0.1) is 0 Å². The van der Waals surface area contributed by atoms with Crippen LogP contribution in [0.1, 0.15) is 23.4 Å². The highest BCUT2D eigenvalue weighted by Gasteiger charge is 2.34. The first kappa shape index (κ1) is 14.0. The van der Waals surface area contributed by atoms with Crippen LogP contribution >= 0.6 is 11.8 Å². The highest BCUT2D eigenvalue weighted by atomic mass is 32.2. The number of nitrogens with zero attached hydrogens (tertiary/aromatic N) is 1. The van der Waals surface area contributed by atoms with Crippen LogP contribution < -0.4 is 0 Å². The van der Waals surface area contributed by atoms with Gasteiger partial charge in [-0.15, -0.1) is 0 Å². The summed E-state index contributed by atoms with van der Waals surface area (Å²) in [4.78, 5) is 15.1. The van der Waals surface area contributed by atoms with Crippen molar-refractivity contribution >= 4 is 17.9 Å². The lowest BCUT2D eigenvalue weighted by molar-refractivity contribution is 0.105. The van der Waals surface area contributed by atoms with Gasteiger partial charge in [-0.1, -0.05) is 54.2 Å². The van der Waals surface area contributed by atoms with Gasteiger partial charge in [-0.2, -0.15) is 0 Å². The zero-order chi connectivity index (χ0) is 14.7. The number of rotatable bonds is 3. The molecule has 0 saturated carbocycles. The number of hydrogen-bond acceptors (Lipinski definition) is 3. The number of thioether (sulfide) groups is 1. The molecule has 108 valence electrons. The fourth-order valence-electron chi connectivity index (χ4n) is 2.48. The molecular weight excluding hydrogens is 282 g/mol. The van der Waals surface area contributed by atoms with Crippen LogP contribution in [0.2, 0.25) is 0 Å². The summed E-state index contributed by atoms with van der Waals surface area (Å²) < 4.78 is 5.20. The molecular formula is C17H17NO2S. The van der Waals surface area contributed by atoms with Crippen molar-refractivity contribution in [3.63, 3.8) is 0 Å². The van der Waals surface area contributed by atoms with E-state index in [-0.39, 0.29) is 11.5 Å². The van der Waals surface area contributed by atoms with Crippen molar-refractivity contribution in [3.8, 4) is 0 Å². The molecule has 2 aromatic rings. The summed E-state index contributed by atoms with van der Waals surface area (Å²) >= 11 is 1.68. The van der Waals surface area contributed by atoms with Gasteiger partial charge in [0.25, 0.3) is 0 Å². The zero-order valence-corrected chi connectivity index (χ0v) is 12.7. The number of fused-ring (bicyclic) bond motifs is 1. The topological polar surface area (TPSA) is 29.5 Å². The van der Waals surface area contributed by atoms with Crippen LogP contribution in [0.25, 0.3) is 0 Å². The van der Waals surface area contributed by atoms with E-state index in [4.69, 9.17) is 4.74 Å². The maximum Gasteiger partial charge on any atom is 0.411 e. The summed E-state index contributed by atoms with van der Waals surface area (Å²) in [6.45, 7) is 2.84. The smallest absolute Gasteiger partial charge is 0.411 e. The van der Waals surface area contributed by atoms with Gasteiger partial charge in [0.15, 0.2) is 0 Å². The van der Waals surface area contributed by atoms with Gasteiger partial charge in [-0.25, -0.2) is 4.79 Å². The summed E-state index contributed by atoms with van der Waals surface area (Å²) in [5.41, 5.74) is 2.39. The molecule has 0 saturated heterocycles. The van der Waals surface area contributed by atoms with E-state index in [0.717, 1.165) is 4.90 Å². The van der Waals surface area contributed by atoms with E-state index >= 15 is 0 Å². The molecule has 1 heterocycles. The second-order valence-corrected chi connectivity index (χ2v) is 5.96. The maximum absolute atomic E-state index is 12.2. The number of carbonyl (C=O) groups is 1. The molecule has 0 aliphatic carbocycles. The van der Waals surface area contributed by atoms with Gasteiger partial charge in [0.05, 0.1) is 13.2 Å². The third-order valence-corrected chi connectivity index (χ3v) is 4.71. The molecule has 3 nitrogen and oxygen atoms in total. The first-order valence-electron chi connectivity index (χ1n) is 7.02. The third kappa shape index (κ3) is 2.90. The Kier molecular flexibility index (Phi) is 4.15. The van der Waals surface area contributed by atoms with Crippen molar-refractivity contribution in [2.75, 3.05) is 6.61 Å². The number of carbonyl (C=O) groups excluding carboxylic acids is 1. The van der Waals surface area contributed by atoms with E-state index in [1.54, 1.807) is 16.7 Å². The van der Waals surface area contributed by atoms with Gasteiger partial charge in [0.1, 0.15) is 5.37 Å². The molecule has 3 rings (SSSR count). The van der Waals surface area contributed by atoms with Crippen LogP contribution in [0.3, 0.4) is 0 Å². The fourth-order valence-corrected chi connectivity index (χ4v) is 3.69. The molecule has 1 atom stereocenters. The average molecular weight is 299 g/mol. The maximum atomic E-state index is 12.2. The lowest BCUT2D eigenvalue weighted by Crippen LogP contribution is -2.28. The monoisotopic (exact) mass is 299 g/mol. The van der Waals surface area contributed by atoms with Crippen LogP contribution in [0.15, 0.2) is 59.5 Å². The fraction of sp³-hybridized carbons (Fsp3) is 0.235. The summed E-state index contributed by atoms with van der Waals surface area (Å²) in [6, 6.07) is 18.3. The molecule has 21 heavy (non-hydrogen) atoms. The second kappa shape index (κ2) is 6.22. The minimum Gasteiger partial charge on any atom is -0.450 e. The molecule has 1 amide bonds. The molecule has 2 aromatic carbocycles. The number of ether oxygens (including phenoxy) is 1. The highest BCUT2D eigenvalue weighted by molar-refractivity contribution is 7.99. The standard InChI is InChI=1S/C17H17NO2S/c1-2-20-17(19)18-12-13-8-6-7-11-15(13)16(18)21-14-9-4-3-5-10-14/h3-11,16H,2,12H2,1H3. The third-order valence-electron chi connectivity index (χ3n) is 3.44. The Balaban J connectivity index is 1.90. The van der Waals surface area contributed by atoms with E-state index in [1.165, 1.54) is 11.1 Å². The van der Waals surface area contributed by atoms with Crippen LogP contribution in [0.4, 0.5) is 4.79 Å².